The van der Waals surface area contributed by atoms with Crippen LogP contribution in [0.4, 0.5) is 21.5 Å². The fourth-order valence-electron chi connectivity index (χ4n) is 11.3. The second-order valence-electron chi connectivity index (χ2n) is 17.7. The topological polar surface area (TPSA) is 238 Å². The predicted molar refractivity (Wildman–Crippen MR) is 227 cm³/mol. The lowest BCUT2D eigenvalue weighted by Crippen LogP contribution is -2.73. The fraction of sp³-hybridized carbons (Fsp3) is 0.571. The van der Waals surface area contributed by atoms with Gasteiger partial charge in [-0.05, 0) is 103 Å². The highest BCUT2D eigenvalue weighted by molar-refractivity contribution is 5.96. The van der Waals surface area contributed by atoms with Crippen LogP contribution in [0.3, 0.4) is 0 Å². The Labute approximate surface area is 345 Å². The van der Waals surface area contributed by atoms with E-state index in [2.05, 4.69) is 32.7 Å². The average molecular weight is 825 g/mol. The van der Waals surface area contributed by atoms with Gasteiger partial charge in [0.25, 0.3) is 11.1 Å². The normalized spacial score (nSPS) is 21.6. The van der Waals surface area contributed by atoms with Crippen LogP contribution in [0.2, 0.25) is 0 Å². The number of nitriles is 2. The number of nitrogens with zero attached hydrogens (tertiary/aromatic N) is 7. The standard InChI is InChI=1S/C42H53FN12O5/c1-22-30(16-29(46)31-32(22)53(25-7-8-25)38(58)50-36(31)56)51-13-11-23(17-51)41(20-45,21-48-4)42(49-5,40(2,3)19-44)24-12-14-52(18-24)34-28(43)15-27-33(35(34)60-6)54(26-9-10-26)39(59)55(47)37(27)57/h15-16,23-26,48-49H,7-14,17-18,21,46-47H2,1-6H3,(H,50,56,58). The molecule has 0 radical (unpaired) electrons. The average Bonchev–Trinajstić information content (AvgIpc) is 4.14. The number of hydrogen-bond donors (Lipinski definition) is 5. The first-order valence-corrected chi connectivity index (χ1v) is 20.6. The number of fused-ring (bicyclic) bond motifs is 2. The number of halogens is 1. The SMILES string of the molecule is CNCC(C#N)(C1CCN(c2cc(N)c3c(=O)[nH]c(=O)n(C4CC4)c3c2C)C1)C(NC)(C1CCN(c2c(F)cc3c(=O)n(N)c(=O)n(C4CC4)c3c2OC)C1)C(C)(C)C#N. The number of benzene rings is 2. The monoisotopic (exact) mass is 824 g/mol. The molecule has 17 nitrogen and oxygen atoms in total. The Morgan fingerprint density at radius 3 is 2.17 bits per heavy atom. The third-order valence-corrected chi connectivity index (χ3v) is 14.1. The van der Waals surface area contributed by atoms with Crippen molar-refractivity contribution in [3.05, 3.63) is 65.2 Å². The van der Waals surface area contributed by atoms with Crippen molar-refractivity contribution in [1.82, 2.24) is 29.4 Å². The largest absolute Gasteiger partial charge is 0.492 e. The number of ether oxygens (including phenoxy) is 1. The second kappa shape index (κ2) is 14.4. The quantitative estimate of drug-likeness (QED) is 0.102. The molecule has 2 aliphatic heterocycles. The summed E-state index contributed by atoms with van der Waals surface area (Å²) in [6.45, 7) is 7.27. The molecule has 4 aromatic rings. The highest BCUT2D eigenvalue weighted by atomic mass is 19.1. The lowest BCUT2D eigenvalue weighted by molar-refractivity contribution is -0.0266. The van der Waals surface area contributed by atoms with Crippen LogP contribution in [0, 0.1) is 58.1 Å². The zero-order chi connectivity index (χ0) is 43.2. The summed E-state index contributed by atoms with van der Waals surface area (Å²) in [6, 6.07) is 7.99. The van der Waals surface area contributed by atoms with Gasteiger partial charge < -0.3 is 36.7 Å². The number of H-pyrrole nitrogens is 1. The highest BCUT2D eigenvalue weighted by Crippen LogP contribution is 2.57. The maximum Gasteiger partial charge on any atom is 0.350 e. The van der Waals surface area contributed by atoms with Crippen molar-refractivity contribution >= 4 is 38.9 Å². The number of rotatable bonds is 12. The van der Waals surface area contributed by atoms with E-state index in [4.69, 9.17) is 16.3 Å². The summed E-state index contributed by atoms with van der Waals surface area (Å²) in [7, 11) is 4.94. The molecule has 2 saturated heterocycles. The number of aryl methyl sites for hydroxylation is 1. The van der Waals surface area contributed by atoms with Gasteiger partial charge in [0.2, 0.25) is 0 Å². The van der Waals surface area contributed by atoms with Crippen LogP contribution < -0.4 is 59.2 Å². The summed E-state index contributed by atoms with van der Waals surface area (Å²) in [4.78, 5) is 59.3. The van der Waals surface area contributed by atoms with Crippen molar-refractivity contribution < 1.29 is 9.13 Å². The molecule has 2 aliphatic carbocycles. The maximum absolute atomic E-state index is 16.6. The van der Waals surface area contributed by atoms with Gasteiger partial charge in [-0.1, -0.05) is 0 Å². The van der Waals surface area contributed by atoms with Gasteiger partial charge in [-0.2, -0.15) is 15.2 Å². The van der Waals surface area contributed by atoms with Gasteiger partial charge in [0.05, 0.1) is 51.9 Å². The van der Waals surface area contributed by atoms with Crippen LogP contribution in [0.5, 0.6) is 5.75 Å². The molecule has 4 aliphatic rings. The number of aromatic amines is 1. The second-order valence-corrected chi connectivity index (χ2v) is 17.7. The van der Waals surface area contributed by atoms with E-state index >= 15 is 4.39 Å². The van der Waals surface area contributed by atoms with Crippen molar-refractivity contribution in [2.24, 2.45) is 22.7 Å². The van der Waals surface area contributed by atoms with E-state index in [1.165, 1.54) is 11.7 Å². The Hall–Kier alpha value is -5.85. The van der Waals surface area contributed by atoms with Crippen LogP contribution in [-0.2, 0) is 0 Å². The van der Waals surface area contributed by atoms with Crippen molar-refractivity contribution in [3.63, 3.8) is 0 Å². The maximum atomic E-state index is 16.6. The van der Waals surface area contributed by atoms with Crippen molar-refractivity contribution in [2.75, 3.05) is 75.3 Å². The molecule has 318 valence electrons. The Bertz CT molecular complexity index is 2770. The zero-order valence-electron chi connectivity index (χ0n) is 34.9. The van der Waals surface area contributed by atoms with Gasteiger partial charge in [0.1, 0.15) is 11.2 Å². The number of nitrogens with one attached hydrogen (secondary N) is 3. The molecule has 8 rings (SSSR count). The fourth-order valence-corrected chi connectivity index (χ4v) is 11.3. The molecule has 18 heteroatoms. The first-order chi connectivity index (χ1) is 28.6. The Morgan fingerprint density at radius 2 is 1.57 bits per heavy atom. The minimum atomic E-state index is -1.24. The first-order valence-electron chi connectivity index (χ1n) is 20.6. The predicted octanol–water partition coefficient (Wildman–Crippen LogP) is 2.18. The van der Waals surface area contributed by atoms with E-state index < -0.39 is 50.6 Å². The summed E-state index contributed by atoms with van der Waals surface area (Å²) < 4.78 is 26.0. The molecule has 7 N–H and O–H groups in total. The molecule has 0 spiro atoms. The molecule has 2 aromatic carbocycles. The Balaban J connectivity index is 1.23. The molecule has 2 saturated carbocycles. The molecule has 4 fully saturated rings. The van der Waals surface area contributed by atoms with Crippen LogP contribution in [0.1, 0.15) is 70.0 Å². The lowest BCUT2D eigenvalue weighted by atomic mass is 9.48. The third kappa shape index (κ3) is 5.67. The number of anilines is 3. The number of aromatic nitrogens is 4. The molecule has 60 heavy (non-hydrogen) atoms. The van der Waals surface area contributed by atoms with Crippen molar-refractivity contribution in [2.45, 2.75) is 76.9 Å². The smallest absolute Gasteiger partial charge is 0.350 e. The van der Waals surface area contributed by atoms with Crippen LogP contribution in [0.15, 0.2) is 31.3 Å². The van der Waals surface area contributed by atoms with Gasteiger partial charge in [-0.25, -0.2) is 14.0 Å². The van der Waals surface area contributed by atoms with E-state index in [-0.39, 0.29) is 64.5 Å². The molecular formula is C42H53FN12O5. The van der Waals surface area contributed by atoms with Crippen LogP contribution in [0.25, 0.3) is 21.8 Å². The summed E-state index contributed by atoms with van der Waals surface area (Å²) in [5, 5.41) is 29.8. The van der Waals surface area contributed by atoms with Crippen LogP contribution >= 0.6 is 0 Å². The van der Waals surface area contributed by atoms with Gasteiger partial charge in [-0.3, -0.25) is 23.7 Å². The molecule has 4 atom stereocenters. The summed E-state index contributed by atoms with van der Waals surface area (Å²) >= 11 is 0. The minimum absolute atomic E-state index is 0.0259. The van der Waals surface area contributed by atoms with Crippen LogP contribution in [-0.4, -0.2) is 78.3 Å². The molecule has 0 bridgehead atoms. The minimum Gasteiger partial charge on any atom is -0.492 e. The zero-order valence-corrected chi connectivity index (χ0v) is 34.9. The van der Waals surface area contributed by atoms with Crippen molar-refractivity contribution in [3.8, 4) is 17.9 Å². The third-order valence-electron chi connectivity index (χ3n) is 14.1. The van der Waals surface area contributed by atoms with Crippen molar-refractivity contribution in [1.29, 1.82) is 10.5 Å². The summed E-state index contributed by atoms with van der Waals surface area (Å²) in [6.07, 6.45) is 4.06. The lowest BCUT2D eigenvalue weighted by Gasteiger charge is -2.58. The number of nitrogen functional groups attached to an aromatic ring is 2. The van der Waals surface area contributed by atoms with Gasteiger partial charge >= 0.3 is 11.4 Å². The Kier molecular flexibility index (Phi) is 9.83. The molecule has 0 amide bonds. The van der Waals surface area contributed by atoms with Gasteiger partial charge in [0.15, 0.2) is 11.6 Å². The first kappa shape index (κ1) is 40.9. The number of hydrogen-bond acceptors (Lipinski definition) is 13. The number of nitrogens with two attached hydrogens (primary N) is 2. The molecule has 4 heterocycles. The Morgan fingerprint density at radius 1 is 0.933 bits per heavy atom. The van der Waals surface area contributed by atoms with E-state index in [0.29, 0.717) is 55.5 Å². The number of methoxy groups -OCH3 is 1. The van der Waals surface area contributed by atoms with E-state index in [9.17, 15) is 29.7 Å². The summed E-state index contributed by atoms with van der Waals surface area (Å²) in [5.41, 5.74) is 3.02. The summed E-state index contributed by atoms with van der Waals surface area (Å²) in [5.74, 6) is 4.50. The highest BCUT2D eigenvalue weighted by Gasteiger charge is 2.67. The van der Waals surface area contributed by atoms with Gasteiger partial charge in [0, 0.05) is 56.2 Å². The van der Waals surface area contributed by atoms with E-state index in [1.54, 1.807) is 24.7 Å². The van der Waals surface area contributed by atoms with E-state index in [1.807, 2.05) is 25.7 Å². The molecule has 4 unspecified atom stereocenters. The molecule has 2 aromatic heterocycles. The van der Waals surface area contributed by atoms with Gasteiger partial charge in [-0.15, -0.1) is 0 Å². The molecular weight excluding hydrogens is 772 g/mol. The van der Waals surface area contributed by atoms with E-state index in [0.717, 1.165) is 30.2 Å².